The van der Waals surface area contributed by atoms with Crippen LogP contribution in [0.1, 0.15) is 26.7 Å². The first-order valence-electron chi connectivity index (χ1n) is 3.79. The van der Waals surface area contributed by atoms with E-state index >= 15 is 0 Å². The molecular formula is C9H15NO. The molecular weight excluding hydrogens is 138 g/mol. The van der Waals surface area contributed by atoms with E-state index in [-0.39, 0.29) is 5.91 Å². The highest BCUT2D eigenvalue weighted by atomic mass is 16.1. The Hall–Kier alpha value is -1.05. The molecule has 0 aliphatic carbocycles. The fourth-order valence-electron chi connectivity index (χ4n) is 0.833. The Kier molecular flexibility index (Phi) is 5.17. The van der Waals surface area contributed by atoms with Crippen LogP contribution in [0, 0.1) is 0 Å². The summed E-state index contributed by atoms with van der Waals surface area (Å²) >= 11 is 0. The van der Waals surface area contributed by atoms with Crippen LogP contribution in [-0.2, 0) is 4.79 Å². The molecule has 62 valence electrons. The average molecular weight is 153 g/mol. The van der Waals surface area contributed by atoms with Crippen molar-refractivity contribution < 1.29 is 4.79 Å². The zero-order chi connectivity index (χ0) is 8.69. The first kappa shape index (κ1) is 9.95. The van der Waals surface area contributed by atoms with Gasteiger partial charge in [0.25, 0.3) is 0 Å². The van der Waals surface area contributed by atoms with Gasteiger partial charge in [-0.3, -0.25) is 4.79 Å². The van der Waals surface area contributed by atoms with E-state index in [1.807, 2.05) is 6.92 Å². The summed E-state index contributed by atoms with van der Waals surface area (Å²) < 4.78 is 0. The third kappa shape index (κ3) is 5.40. The Labute approximate surface area is 68.0 Å². The fraction of sp³-hybridized carbons (Fsp3) is 0.444. The van der Waals surface area contributed by atoms with Gasteiger partial charge in [-0.25, -0.2) is 0 Å². The first-order chi connectivity index (χ1) is 5.20. The maximum Gasteiger partial charge on any atom is 0.247 e. The molecule has 2 heteroatoms. The number of hydrogen-bond acceptors (Lipinski definition) is 1. The van der Waals surface area contributed by atoms with Crippen LogP contribution in [0.2, 0.25) is 0 Å². The number of hydrogen-bond donors (Lipinski definition) is 1. The number of rotatable bonds is 4. The summed E-state index contributed by atoms with van der Waals surface area (Å²) in [7, 11) is 0. The molecule has 0 heterocycles. The van der Waals surface area contributed by atoms with Gasteiger partial charge < -0.3 is 5.32 Å². The molecule has 0 aliphatic rings. The minimum Gasteiger partial charge on any atom is -0.330 e. The van der Waals surface area contributed by atoms with E-state index in [1.54, 1.807) is 6.08 Å². The second-order valence-corrected chi connectivity index (χ2v) is 2.45. The lowest BCUT2D eigenvalue weighted by atomic mass is 10.1. The van der Waals surface area contributed by atoms with Crippen molar-refractivity contribution in [2.24, 2.45) is 0 Å². The summed E-state index contributed by atoms with van der Waals surface area (Å²) in [5.74, 6) is -0.0917. The summed E-state index contributed by atoms with van der Waals surface area (Å²) in [6.45, 7) is 7.43. The van der Waals surface area contributed by atoms with Crippen molar-refractivity contribution in [2.75, 3.05) is 0 Å². The molecule has 0 aliphatic heterocycles. The minimum absolute atomic E-state index is 0.0917. The number of allylic oxidation sites excluding steroid dienone is 1. The van der Waals surface area contributed by atoms with Gasteiger partial charge in [-0.05, 0) is 19.5 Å². The monoisotopic (exact) mass is 153 g/mol. The van der Waals surface area contributed by atoms with Crippen molar-refractivity contribution >= 4 is 5.91 Å². The molecule has 0 atom stereocenters. The van der Waals surface area contributed by atoms with E-state index in [2.05, 4.69) is 18.8 Å². The summed E-state index contributed by atoms with van der Waals surface area (Å²) in [4.78, 5) is 10.9. The summed E-state index contributed by atoms with van der Waals surface area (Å²) in [5, 5.41) is 2.48. The number of carbonyl (C=O) groups excluding carboxylic acids is 1. The Balaban J connectivity index is 3.85. The van der Waals surface area contributed by atoms with Crippen molar-refractivity contribution in [3.8, 4) is 0 Å². The molecule has 0 saturated carbocycles. The standard InChI is InChI=1S/C9H15NO/c1-4-6-8(3)7-9(11)10-5-2/h5,7H,2,4,6H2,1,3H3,(H,10,11)/b8-7+. The maximum atomic E-state index is 10.9. The Morgan fingerprint density at radius 3 is 2.73 bits per heavy atom. The van der Waals surface area contributed by atoms with Gasteiger partial charge in [0.2, 0.25) is 5.91 Å². The largest absolute Gasteiger partial charge is 0.330 e. The third-order valence-corrected chi connectivity index (χ3v) is 1.27. The van der Waals surface area contributed by atoms with Gasteiger partial charge in [0, 0.05) is 6.08 Å². The van der Waals surface area contributed by atoms with Gasteiger partial charge in [0.15, 0.2) is 0 Å². The second kappa shape index (κ2) is 5.71. The van der Waals surface area contributed by atoms with Crippen LogP contribution >= 0.6 is 0 Å². The highest BCUT2D eigenvalue weighted by Crippen LogP contribution is 2.01. The highest BCUT2D eigenvalue weighted by Gasteiger charge is 1.93. The molecule has 1 N–H and O–H groups in total. The molecule has 0 radical (unpaired) electrons. The molecule has 0 unspecified atom stereocenters. The molecule has 0 saturated heterocycles. The van der Waals surface area contributed by atoms with Crippen molar-refractivity contribution in [3.05, 3.63) is 24.4 Å². The molecule has 0 aromatic rings. The van der Waals surface area contributed by atoms with E-state index in [1.165, 1.54) is 6.20 Å². The van der Waals surface area contributed by atoms with Crippen molar-refractivity contribution in [2.45, 2.75) is 26.7 Å². The first-order valence-corrected chi connectivity index (χ1v) is 3.79. The van der Waals surface area contributed by atoms with Gasteiger partial charge >= 0.3 is 0 Å². The lowest BCUT2D eigenvalue weighted by molar-refractivity contribution is -0.115. The average Bonchev–Trinajstić information content (AvgIpc) is 1.87. The van der Waals surface area contributed by atoms with Crippen molar-refractivity contribution in [1.29, 1.82) is 0 Å². The third-order valence-electron chi connectivity index (χ3n) is 1.27. The predicted molar refractivity (Wildman–Crippen MR) is 47.0 cm³/mol. The fourth-order valence-corrected chi connectivity index (χ4v) is 0.833. The highest BCUT2D eigenvalue weighted by molar-refractivity contribution is 5.88. The lowest BCUT2D eigenvalue weighted by Gasteiger charge is -1.96. The lowest BCUT2D eigenvalue weighted by Crippen LogP contribution is -2.13. The number of amides is 1. The quantitative estimate of drug-likeness (QED) is 0.615. The molecule has 2 nitrogen and oxygen atoms in total. The van der Waals surface area contributed by atoms with Gasteiger partial charge in [-0.2, -0.15) is 0 Å². The Morgan fingerprint density at radius 1 is 1.64 bits per heavy atom. The van der Waals surface area contributed by atoms with E-state index in [4.69, 9.17) is 0 Å². The minimum atomic E-state index is -0.0917. The van der Waals surface area contributed by atoms with Gasteiger partial charge in [-0.15, -0.1) is 0 Å². The number of nitrogens with one attached hydrogen (secondary N) is 1. The molecule has 0 aromatic heterocycles. The van der Waals surface area contributed by atoms with Crippen molar-refractivity contribution in [1.82, 2.24) is 5.32 Å². The molecule has 11 heavy (non-hydrogen) atoms. The Morgan fingerprint density at radius 2 is 2.27 bits per heavy atom. The summed E-state index contributed by atoms with van der Waals surface area (Å²) in [6, 6.07) is 0. The van der Waals surface area contributed by atoms with Crippen LogP contribution in [0.3, 0.4) is 0 Å². The van der Waals surface area contributed by atoms with Crippen LogP contribution in [0.5, 0.6) is 0 Å². The summed E-state index contributed by atoms with van der Waals surface area (Å²) in [6.07, 6.45) is 5.04. The van der Waals surface area contributed by atoms with Gasteiger partial charge in [0.1, 0.15) is 0 Å². The van der Waals surface area contributed by atoms with Crippen LogP contribution in [-0.4, -0.2) is 5.91 Å². The molecule has 0 bridgehead atoms. The smallest absolute Gasteiger partial charge is 0.247 e. The zero-order valence-electron chi connectivity index (χ0n) is 7.18. The SMILES string of the molecule is C=CNC(=O)/C=C(\C)CCC. The van der Waals surface area contributed by atoms with E-state index in [0.717, 1.165) is 18.4 Å². The molecule has 0 spiro atoms. The van der Waals surface area contributed by atoms with Crippen LogP contribution < -0.4 is 5.32 Å². The van der Waals surface area contributed by atoms with Crippen LogP contribution in [0.4, 0.5) is 0 Å². The van der Waals surface area contributed by atoms with Crippen LogP contribution in [0.25, 0.3) is 0 Å². The van der Waals surface area contributed by atoms with Crippen LogP contribution in [0.15, 0.2) is 24.4 Å². The number of carbonyl (C=O) groups is 1. The van der Waals surface area contributed by atoms with Gasteiger partial charge in [0.05, 0.1) is 0 Å². The zero-order valence-corrected chi connectivity index (χ0v) is 7.18. The maximum absolute atomic E-state index is 10.9. The van der Waals surface area contributed by atoms with Gasteiger partial charge in [-0.1, -0.05) is 25.5 Å². The van der Waals surface area contributed by atoms with E-state index in [0.29, 0.717) is 0 Å². The Bertz CT molecular complexity index is 170. The molecule has 0 rings (SSSR count). The predicted octanol–water partition coefficient (Wildman–Crippen LogP) is 1.99. The molecule has 0 aromatic carbocycles. The topological polar surface area (TPSA) is 29.1 Å². The van der Waals surface area contributed by atoms with E-state index in [9.17, 15) is 4.79 Å². The summed E-state index contributed by atoms with van der Waals surface area (Å²) in [5.41, 5.74) is 1.10. The second-order valence-electron chi connectivity index (χ2n) is 2.45. The molecule has 1 amide bonds. The van der Waals surface area contributed by atoms with E-state index < -0.39 is 0 Å². The van der Waals surface area contributed by atoms with Crippen molar-refractivity contribution in [3.63, 3.8) is 0 Å². The normalized spacial score (nSPS) is 10.9. The molecule has 0 fully saturated rings.